The van der Waals surface area contributed by atoms with E-state index in [9.17, 15) is 9.59 Å². The number of carbonyl (C=O) groups is 2. The summed E-state index contributed by atoms with van der Waals surface area (Å²) in [5, 5.41) is 5.32. The number of anilines is 2. The van der Waals surface area contributed by atoms with Crippen LogP contribution in [0.4, 0.5) is 11.4 Å². The second-order valence-corrected chi connectivity index (χ2v) is 7.54. The highest BCUT2D eigenvalue weighted by Gasteiger charge is 2.21. The van der Waals surface area contributed by atoms with Crippen LogP contribution >= 0.6 is 15.9 Å². The van der Waals surface area contributed by atoms with Gasteiger partial charge in [0, 0.05) is 10.2 Å². The van der Waals surface area contributed by atoms with Crippen molar-refractivity contribution in [3.8, 4) is 0 Å². The zero-order valence-electron chi connectivity index (χ0n) is 14.2. The van der Waals surface area contributed by atoms with Gasteiger partial charge >= 0.3 is 11.8 Å². The highest BCUT2D eigenvalue weighted by Crippen LogP contribution is 2.29. The molecule has 0 heterocycles. The molecule has 0 aliphatic rings. The third kappa shape index (κ3) is 4.45. The van der Waals surface area contributed by atoms with Gasteiger partial charge in [-0.25, -0.2) is 0 Å². The Labute approximate surface area is 150 Å². The van der Waals surface area contributed by atoms with Crippen molar-refractivity contribution in [2.75, 3.05) is 10.6 Å². The van der Waals surface area contributed by atoms with Crippen molar-refractivity contribution in [1.82, 2.24) is 0 Å². The second-order valence-electron chi connectivity index (χ2n) is 6.69. The Morgan fingerprint density at radius 1 is 0.917 bits per heavy atom. The molecule has 0 atom stereocenters. The summed E-state index contributed by atoms with van der Waals surface area (Å²) < 4.78 is 0.735. The van der Waals surface area contributed by atoms with Crippen molar-refractivity contribution < 1.29 is 9.59 Å². The van der Waals surface area contributed by atoms with Crippen LogP contribution in [-0.4, -0.2) is 11.8 Å². The fourth-order valence-corrected chi connectivity index (χ4v) is 2.92. The minimum atomic E-state index is -0.705. The van der Waals surface area contributed by atoms with Crippen LogP contribution in [0.25, 0.3) is 0 Å². The molecule has 0 aliphatic carbocycles. The molecule has 0 saturated heterocycles. The number of aryl methyl sites for hydroxylation is 1. The number of rotatable bonds is 2. The van der Waals surface area contributed by atoms with E-state index in [1.54, 1.807) is 12.1 Å². The largest absolute Gasteiger partial charge is 0.318 e. The second kappa shape index (κ2) is 7.18. The van der Waals surface area contributed by atoms with Crippen molar-refractivity contribution in [3.05, 3.63) is 58.1 Å². The Hall–Kier alpha value is -2.14. The average Bonchev–Trinajstić information content (AvgIpc) is 2.49. The molecule has 0 radical (unpaired) electrons. The number of nitrogens with one attached hydrogen (secondary N) is 2. The summed E-state index contributed by atoms with van der Waals surface area (Å²) in [6.07, 6.45) is 0. The Kier molecular flexibility index (Phi) is 5.44. The molecule has 2 amide bonds. The number of hydrogen-bond donors (Lipinski definition) is 2. The topological polar surface area (TPSA) is 58.2 Å². The first-order valence-corrected chi connectivity index (χ1v) is 8.46. The molecule has 0 saturated carbocycles. The van der Waals surface area contributed by atoms with Crippen LogP contribution < -0.4 is 10.6 Å². The number of para-hydroxylation sites is 1. The molecule has 2 aromatic rings. The molecule has 2 rings (SSSR count). The lowest BCUT2D eigenvalue weighted by atomic mass is 9.86. The van der Waals surface area contributed by atoms with Gasteiger partial charge in [-0.05, 0) is 57.6 Å². The van der Waals surface area contributed by atoms with Crippen LogP contribution in [0.5, 0.6) is 0 Å². The van der Waals surface area contributed by atoms with E-state index in [4.69, 9.17) is 0 Å². The van der Waals surface area contributed by atoms with E-state index in [-0.39, 0.29) is 5.41 Å². The van der Waals surface area contributed by atoms with E-state index in [1.165, 1.54) is 0 Å². The molecular formula is C19H21BrN2O2. The SMILES string of the molecule is Cc1ccc(NC(=O)C(=O)Nc2ccccc2C(C)(C)C)c(Br)c1. The molecule has 0 aromatic heterocycles. The Morgan fingerprint density at radius 3 is 2.08 bits per heavy atom. The normalized spacial score (nSPS) is 11.0. The van der Waals surface area contributed by atoms with Crippen LogP contribution in [0.1, 0.15) is 31.9 Å². The first kappa shape index (κ1) is 18.2. The lowest BCUT2D eigenvalue weighted by Gasteiger charge is -2.22. The minimum Gasteiger partial charge on any atom is -0.318 e. The maximum atomic E-state index is 12.2. The van der Waals surface area contributed by atoms with Gasteiger partial charge in [0.05, 0.1) is 5.69 Å². The maximum absolute atomic E-state index is 12.2. The van der Waals surface area contributed by atoms with Gasteiger partial charge in [0.25, 0.3) is 0 Å². The molecule has 2 N–H and O–H groups in total. The minimum absolute atomic E-state index is 0.139. The van der Waals surface area contributed by atoms with Crippen LogP contribution in [0.2, 0.25) is 0 Å². The summed E-state index contributed by atoms with van der Waals surface area (Å²) in [7, 11) is 0. The Bertz CT molecular complexity index is 779. The van der Waals surface area contributed by atoms with Crippen LogP contribution in [-0.2, 0) is 15.0 Å². The highest BCUT2D eigenvalue weighted by molar-refractivity contribution is 9.10. The number of benzene rings is 2. The fraction of sp³-hybridized carbons (Fsp3) is 0.263. The fourth-order valence-electron chi connectivity index (χ4n) is 2.33. The van der Waals surface area contributed by atoms with E-state index in [0.717, 1.165) is 15.6 Å². The van der Waals surface area contributed by atoms with E-state index < -0.39 is 11.8 Å². The molecule has 0 unspecified atom stereocenters. The molecule has 0 fully saturated rings. The third-order valence-electron chi connectivity index (χ3n) is 3.56. The zero-order chi connectivity index (χ0) is 17.9. The number of carbonyl (C=O) groups excluding carboxylic acids is 2. The summed E-state index contributed by atoms with van der Waals surface area (Å²) in [6, 6.07) is 13.0. The van der Waals surface area contributed by atoms with Crippen molar-refractivity contribution in [3.63, 3.8) is 0 Å². The van der Waals surface area contributed by atoms with Gasteiger partial charge < -0.3 is 10.6 Å². The summed E-state index contributed by atoms with van der Waals surface area (Å²) >= 11 is 3.38. The molecular weight excluding hydrogens is 368 g/mol. The molecule has 0 spiro atoms. The Balaban J connectivity index is 2.14. The van der Waals surface area contributed by atoms with Crippen LogP contribution in [0, 0.1) is 6.92 Å². The summed E-state index contributed by atoms with van der Waals surface area (Å²) in [5.74, 6) is -1.40. The number of halogens is 1. The maximum Gasteiger partial charge on any atom is 0.314 e. The molecule has 24 heavy (non-hydrogen) atoms. The summed E-state index contributed by atoms with van der Waals surface area (Å²) in [5.41, 5.74) is 3.10. The monoisotopic (exact) mass is 388 g/mol. The molecule has 5 heteroatoms. The van der Waals surface area contributed by atoms with E-state index >= 15 is 0 Å². The highest BCUT2D eigenvalue weighted by atomic mass is 79.9. The van der Waals surface area contributed by atoms with Gasteiger partial charge in [0.2, 0.25) is 0 Å². The summed E-state index contributed by atoms with van der Waals surface area (Å²) in [4.78, 5) is 24.4. The van der Waals surface area contributed by atoms with Crippen molar-refractivity contribution in [2.45, 2.75) is 33.1 Å². The van der Waals surface area contributed by atoms with Gasteiger partial charge in [-0.1, -0.05) is 45.0 Å². The van der Waals surface area contributed by atoms with E-state index in [1.807, 2.05) is 37.3 Å². The van der Waals surface area contributed by atoms with Crippen LogP contribution in [0.15, 0.2) is 46.9 Å². The van der Waals surface area contributed by atoms with E-state index in [0.29, 0.717) is 11.4 Å². The van der Waals surface area contributed by atoms with Crippen molar-refractivity contribution in [2.24, 2.45) is 0 Å². The van der Waals surface area contributed by atoms with E-state index in [2.05, 4.69) is 47.3 Å². The third-order valence-corrected chi connectivity index (χ3v) is 4.22. The Morgan fingerprint density at radius 2 is 1.50 bits per heavy atom. The quantitative estimate of drug-likeness (QED) is 0.736. The lowest BCUT2D eigenvalue weighted by Crippen LogP contribution is -2.30. The first-order valence-electron chi connectivity index (χ1n) is 7.66. The van der Waals surface area contributed by atoms with Gasteiger partial charge in [0.1, 0.15) is 0 Å². The standard InChI is InChI=1S/C19H21BrN2O2/c1-12-9-10-16(14(20)11-12)22-18(24)17(23)21-15-8-6-5-7-13(15)19(2,3)4/h5-11H,1-4H3,(H,21,23)(H,22,24). The summed E-state index contributed by atoms with van der Waals surface area (Å²) in [6.45, 7) is 8.12. The number of amides is 2. The number of hydrogen-bond acceptors (Lipinski definition) is 2. The van der Waals surface area contributed by atoms with Crippen molar-refractivity contribution >= 4 is 39.1 Å². The molecule has 126 valence electrons. The molecule has 2 aromatic carbocycles. The van der Waals surface area contributed by atoms with Gasteiger partial charge in [-0.2, -0.15) is 0 Å². The van der Waals surface area contributed by atoms with Gasteiger partial charge in [0.15, 0.2) is 0 Å². The molecule has 0 aliphatic heterocycles. The smallest absolute Gasteiger partial charge is 0.314 e. The van der Waals surface area contributed by atoms with Crippen molar-refractivity contribution in [1.29, 1.82) is 0 Å². The first-order chi connectivity index (χ1) is 11.2. The lowest BCUT2D eigenvalue weighted by molar-refractivity contribution is -0.133. The van der Waals surface area contributed by atoms with Gasteiger partial charge in [-0.3, -0.25) is 9.59 Å². The predicted molar refractivity (Wildman–Crippen MR) is 101 cm³/mol. The average molecular weight is 389 g/mol. The van der Waals surface area contributed by atoms with Gasteiger partial charge in [-0.15, -0.1) is 0 Å². The molecule has 0 bridgehead atoms. The van der Waals surface area contributed by atoms with Crippen LogP contribution in [0.3, 0.4) is 0 Å². The molecule has 4 nitrogen and oxygen atoms in total. The zero-order valence-corrected chi connectivity index (χ0v) is 15.8. The predicted octanol–water partition coefficient (Wildman–Crippen LogP) is 4.63.